The molecular formula is C19H16F6N4O. The van der Waals surface area contributed by atoms with E-state index in [1.54, 1.807) is 4.90 Å². The van der Waals surface area contributed by atoms with Crippen LogP contribution in [0.4, 0.5) is 26.3 Å². The summed E-state index contributed by atoms with van der Waals surface area (Å²) >= 11 is 0. The third kappa shape index (κ3) is 3.93. The zero-order valence-corrected chi connectivity index (χ0v) is 15.4. The van der Waals surface area contributed by atoms with Crippen molar-refractivity contribution in [1.29, 1.82) is 0 Å². The van der Waals surface area contributed by atoms with Crippen LogP contribution in [-0.2, 0) is 17.1 Å². The summed E-state index contributed by atoms with van der Waals surface area (Å²) in [5, 5.41) is 7.13. The maximum absolute atomic E-state index is 13.0. The van der Waals surface area contributed by atoms with Crippen LogP contribution >= 0.6 is 0 Å². The number of hydrogen-bond donors (Lipinski definition) is 1. The Kier molecular flexibility index (Phi) is 4.68. The smallest absolute Gasteiger partial charge is 0.338 e. The van der Waals surface area contributed by atoms with Crippen LogP contribution in [0.25, 0.3) is 17.5 Å². The van der Waals surface area contributed by atoms with Gasteiger partial charge >= 0.3 is 12.4 Å². The fourth-order valence-electron chi connectivity index (χ4n) is 3.54. The van der Waals surface area contributed by atoms with Crippen LogP contribution in [0, 0.1) is 5.41 Å². The SMILES string of the molecule is O=C(/C=C\n1ccc(-c2cc(C(F)(F)F)cc(C(F)(F)F)c2)n1)N1CC2(CNC2)C1. The summed E-state index contributed by atoms with van der Waals surface area (Å²) in [4.78, 5) is 13.8. The Labute approximate surface area is 167 Å². The molecule has 0 saturated carbocycles. The Balaban J connectivity index is 1.52. The van der Waals surface area contributed by atoms with Crippen molar-refractivity contribution < 1.29 is 31.1 Å². The molecule has 160 valence electrons. The standard InChI is InChI=1S/C19H16F6N4O/c20-18(21,22)13-5-12(6-14(7-13)19(23,24)25)15-1-3-29(27-15)4-2-16(30)28-10-17(11-28)8-26-9-17/h1-7,26H,8-11H2/b4-2-. The fraction of sp³-hybridized carbons (Fsp3) is 0.368. The predicted molar refractivity (Wildman–Crippen MR) is 94.9 cm³/mol. The quantitative estimate of drug-likeness (QED) is 0.599. The highest BCUT2D eigenvalue weighted by atomic mass is 19.4. The Hall–Kier alpha value is -2.82. The number of likely N-dealkylation sites (tertiary alicyclic amines) is 1. The fourth-order valence-corrected chi connectivity index (χ4v) is 3.54. The van der Waals surface area contributed by atoms with Crippen LogP contribution in [0.1, 0.15) is 11.1 Å². The van der Waals surface area contributed by atoms with E-state index in [1.807, 2.05) is 0 Å². The molecule has 30 heavy (non-hydrogen) atoms. The molecule has 1 aromatic heterocycles. The summed E-state index contributed by atoms with van der Waals surface area (Å²) in [6.07, 6.45) is -5.94. The average molecular weight is 430 g/mol. The van der Waals surface area contributed by atoms with E-state index in [4.69, 9.17) is 0 Å². The van der Waals surface area contributed by atoms with Gasteiger partial charge in [0.25, 0.3) is 0 Å². The van der Waals surface area contributed by atoms with E-state index in [2.05, 4.69) is 10.4 Å². The molecule has 5 nitrogen and oxygen atoms in total. The van der Waals surface area contributed by atoms with Crippen LogP contribution in [-0.4, -0.2) is 46.8 Å². The number of amides is 1. The van der Waals surface area contributed by atoms with Crippen molar-refractivity contribution in [2.24, 2.45) is 5.41 Å². The summed E-state index contributed by atoms with van der Waals surface area (Å²) in [6, 6.07) is 2.57. The van der Waals surface area contributed by atoms with Gasteiger partial charge in [-0.25, -0.2) is 4.68 Å². The van der Waals surface area contributed by atoms with Gasteiger partial charge in [-0.2, -0.15) is 31.4 Å². The lowest BCUT2D eigenvalue weighted by molar-refractivity contribution is -0.143. The maximum atomic E-state index is 13.0. The van der Waals surface area contributed by atoms with E-state index in [0.29, 0.717) is 25.2 Å². The molecule has 0 bridgehead atoms. The van der Waals surface area contributed by atoms with Gasteiger partial charge in [-0.15, -0.1) is 0 Å². The lowest BCUT2D eigenvalue weighted by Gasteiger charge is -2.55. The molecule has 1 amide bonds. The lowest BCUT2D eigenvalue weighted by Crippen LogP contribution is -2.71. The van der Waals surface area contributed by atoms with Gasteiger partial charge in [0, 0.05) is 55.6 Å². The minimum Gasteiger partial charge on any atom is -0.338 e. The van der Waals surface area contributed by atoms with Gasteiger partial charge in [0.2, 0.25) is 5.91 Å². The zero-order chi connectivity index (χ0) is 21.7. The van der Waals surface area contributed by atoms with Gasteiger partial charge in [-0.05, 0) is 24.3 Å². The molecule has 0 atom stereocenters. The predicted octanol–water partition coefficient (Wildman–Crippen LogP) is 3.49. The summed E-state index contributed by atoms with van der Waals surface area (Å²) in [5.41, 5.74) is -3.05. The second-order valence-electron chi connectivity index (χ2n) is 7.59. The number of hydrogen-bond acceptors (Lipinski definition) is 3. The van der Waals surface area contributed by atoms with E-state index in [1.165, 1.54) is 29.2 Å². The van der Waals surface area contributed by atoms with Gasteiger partial charge < -0.3 is 10.2 Å². The summed E-state index contributed by atoms with van der Waals surface area (Å²) in [6.45, 7) is 3.05. The molecule has 0 radical (unpaired) electrons. The number of halogens is 6. The Morgan fingerprint density at radius 1 is 1.03 bits per heavy atom. The first-order chi connectivity index (χ1) is 14.0. The van der Waals surface area contributed by atoms with Crippen molar-refractivity contribution in [3.05, 3.63) is 47.7 Å². The molecule has 1 spiro atoms. The number of alkyl halides is 6. The molecule has 1 aromatic carbocycles. The molecule has 2 aromatic rings. The highest BCUT2D eigenvalue weighted by Crippen LogP contribution is 2.38. The number of carbonyl (C=O) groups is 1. The van der Waals surface area contributed by atoms with Gasteiger partial charge in [-0.1, -0.05) is 0 Å². The number of aromatic nitrogens is 2. The van der Waals surface area contributed by atoms with Crippen LogP contribution in [0.15, 0.2) is 36.5 Å². The normalized spacial score (nSPS) is 18.5. The van der Waals surface area contributed by atoms with Gasteiger partial charge in [0.05, 0.1) is 16.8 Å². The van der Waals surface area contributed by atoms with Crippen molar-refractivity contribution in [1.82, 2.24) is 20.0 Å². The second-order valence-corrected chi connectivity index (χ2v) is 7.59. The summed E-state index contributed by atoms with van der Waals surface area (Å²) in [7, 11) is 0. The number of benzene rings is 1. The third-order valence-electron chi connectivity index (χ3n) is 5.23. The first kappa shape index (κ1) is 20.5. The summed E-state index contributed by atoms with van der Waals surface area (Å²) in [5.74, 6) is -0.233. The number of nitrogens with zero attached hydrogens (tertiary/aromatic N) is 3. The lowest BCUT2D eigenvalue weighted by atomic mass is 9.74. The van der Waals surface area contributed by atoms with Crippen molar-refractivity contribution in [3.8, 4) is 11.3 Å². The van der Waals surface area contributed by atoms with E-state index < -0.39 is 23.5 Å². The molecule has 1 N–H and O–H groups in total. The van der Waals surface area contributed by atoms with Crippen molar-refractivity contribution in [2.75, 3.05) is 26.2 Å². The third-order valence-corrected chi connectivity index (χ3v) is 5.23. The number of nitrogens with one attached hydrogen (secondary N) is 1. The zero-order valence-electron chi connectivity index (χ0n) is 15.4. The minimum atomic E-state index is -4.94. The number of carbonyl (C=O) groups excluding carboxylic acids is 1. The second kappa shape index (κ2) is 6.86. The highest BCUT2D eigenvalue weighted by molar-refractivity contribution is 5.91. The maximum Gasteiger partial charge on any atom is 0.416 e. The van der Waals surface area contributed by atoms with Crippen molar-refractivity contribution >= 4 is 12.1 Å². The molecular weight excluding hydrogens is 414 g/mol. The first-order valence-electron chi connectivity index (χ1n) is 8.98. The first-order valence-corrected chi connectivity index (χ1v) is 8.98. The van der Waals surface area contributed by atoms with E-state index >= 15 is 0 Å². The van der Waals surface area contributed by atoms with E-state index in [0.717, 1.165) is 13.1 Å². The number of rotatable bonds is 3. The monoisotopic (exact) mass is 430 g/mol. The average Bonchev–Trinajstić information content (AvgIpc) is 3.04. The van der Waals surface area contributed by atoms with Crippen LogP contribution in [0.2, 0.25) is 0 Å². The molecule has 2 aliphatic heterocycles. The van der Waals surface area contributed by atoms with E-state index in [9.17, 15) is 31.1 Å². The van der Waals surface area contributed by atoms with Crippen LogP contribution in [0.5, 0.6) is 0 Å². The van der Waals surface area contributed by atoms with Crippen molar-refractivity contribution in [2.45, 2.75) is 12.4 Å². The molecule has 2 saturated heterocycles. The Morgan fingerprint density at radius 2 is 1.63 bits per heavy atom. The highest BCUT2D eigenvalue weighted by Gasteiger charge is 2.48. The van der Waals surface area contributed by atoms with E-state index in [-0.39, 0.29) is 28.6 Å². The molecule has 3 heterocycles. The molecule has 4 rings (SSSR count). The molecule has 0 unspecified atom stereocenters. The molecule has 0 aliphatic carbocycles. The van der Waals surface area contributed by atoms with Crippen molar-refractivity contribution in [3.63, 3.8) is 0 Å². The Morgan fingerprint density at radius 3 is 2.13 bits per heavy atom. The van der Waals surface area contributed by atoms with Gasteiger partial charge in [0.15, 0.2) is 0 Å². The topological polar surface area (TPSA) is 50.2 Å². The van der Waals surface area contributed by atoms with Crippen LogP contribution < -0.4 is 5.32 Å². The Bertz CT molecular complexity index is 963. The largest absolute Gasteiger partial charge is 0.416 e. The molecule has 2 aliphatic rings. The van der Waals surface area contributed by atoms with Gasteiger partial charge in [0.1, 0.15) is 0 Å². The molecule has 2 fully saturated rings. The van der Waals surface area contributed by atoms with Gasteiger partial charge in [-0.3, -0.25) is 4.79 Å². The minimum absolute atomic E-state index is 0.0660. The van der Waals surface area contributed by atoms with Crippen LogP contribution in [0.3, 0.4) is 0 Å². The summed E-state index contributed by atoms with van der Waals surface area (Å²) < 4.78 is 79.3. The molecule has 11 heteroatoms.